The van der Waals surface area contributed by atoms with E-state index in [2.05, 4.69) is 31.9 Å². The zero-order valence-electron chi connectivity index (χ0n) is 5.29. The summed E-state index contributed by atoms with van der Waals surface area (Å²) in [6, 6.07) is 3.92. The summed E-state index contributed by atoms with van der Waals surface area (Å²) < 4.78 is 1.91. The first kappa shape index (κ1) is 8.57. The quantitative estimate of drug-likeness (QED) is 0.627. The van der Waals surface area contributed by atoms with Crippen LogP contribution in [0.15, 0.2) is 21.1 Å². The summed E-state index contributed by atoms with van der Waals surface area (Å²) in [5.41, 5.74) is 1.15. The van der Waals surface area contributed by atoms with Crippen LogP contribution < -0.4 is 0 Å². The number of benzene rings is 1. The van der Waals surface area contributed by atoms with Crippen LogP contribution >= 0.6 is 43.5 Å². The third kappa shape index (κ3) is 1.74. The minimum Gasteiger partial charge on any atom is -0.0831 e. The van der Waals surface area contributed by atoms with Crippen LogP contribution in [-0.2, 0) is 0 Å². The van der Waals surface area contributed by atoms with Crippen LogP contribution in [0.3, 0.4) is 0 Å². The van der Waals surface area contributed by atoms with Crippen molar-refractivity contribution in [1.29, 1.82) is 0 Å². The fourth-order valence-corrected chi connectivity index (χ4v) is 1.87. The lowest BCUT2D eigenvalue weighted by Gasteiger charge is -1.99. The van der Waals surface area contributed by atoms with E-state index in [1.54, 1.807) is 0 Å². The SMILES string of the molecule is Cc1cc(Cl)c(Br)c(Br)c1. The Kier molecular flexibility index (Phi) is 2.78. The Balaban J connectivity index is 3.31. The Morgan fingerprint density at radius 2 is 1.90 bits per heavy atom. The average molecular weight is 284 g/mol. The van der Waals surface area contributed by atoms with Crippen molar-refractivity contribution < 1.29 is 0 Å². The number of rotatable bonds is 0. The van der Waals surface area contributed by atoms with Gasteiger partial charge in [-0.3, -0.25) is 0 Å². The van der Waals surface area contributed by atoms with Gasteiger partial charge in [0.15, 0.2) is 0 Å². The molecule has 0 saturated carbocycles. The summed E-state index contributed by atoms with van der Waals surface area (Å²) in [5.74, 6) is 0. The van der Waals surface area contributed by atoms with Crippen molar-refractivity contribution in [3.63, 3.8) is 0 Å². The van der Waals surface area contributed by atoms with Crippen LogP contribution in [0.5, 0.6) is 0 Å². The standard InChI is InChI=1S/C7H5Br2Cl/c1-4-2-5(8)7(9)6(10)3-4/h2-3H,1H3. The van der Waals surface area contributed by atoms with Gasteiger partial charge in [0.05, 0.1) is 9.50 Å². The van der Waals surface area contributed by atoms with Crippen LogP contribution in [0.4, 0.5) is 0 Å². The zero-order valence-corrected chi connectivity index (χ0v) is 9.22. The molecule has 0 nitrogen and oxygen atoms in total. The number of aryl methyl sites for hydroxylation is 1. The lowest BCUT2D eigenvalue weighted by molar-refractivity contribution is 1.43. The molecule has 0 fully saturated rings. The highest BCUT2D eigenvalue weighted by atomic mass is 79.9. The molecule has 1 aromatic carbocycles. The first-order valence-corrected chi connectivity index (χ1v) is 4.69. The van der Waals surface area contributed by atoms with Crippen molar-refractivity contribution >= 4 is 43.5 Å². The molecular weight excluding hydrogens is 279 g/mol. The normalized spacial score (nSPS) is 10.0. The molecule has 0 radical (unpaired) electrons. The molecule has 0 spiro atoms. The summed E-state index contributed by atoms with van der Waals surface area (Å²) in [4.78, 5) is 0. The topological polar surface area (TPSA) is 0 Å². The summed E-state index contributed by atoms with van der Waals surface area (Å²) in [5, 5.41) is 0.742. The molecule has 0 unspecified atom stereocenters. The first-order chi connectivity index (χ1) is 4.61. The van der Waals surface area contributed by atoms with Gasteiger partial charge in [0.2, 0.25) is 0 Å². The van der Waals surface area contributed by atoms with E-state index in [0.717, 1.165) is 19.5 Å². The molecule has 1 rings (SSSR count). The second-order valence-electron chi connectivity index (χ2n) is 2.04. The van der Waals surface area contributed by atoms with Gasteiger partial charge in [-0.2, -0.15) is 0 Å². The number of halogens is 3. The highest BCUT2D eigenvalue weighted by Crippen LogP contribution is 2.31. The molecule has 0 heterocycles. The van der Waals surface area contributed by atoms with Crippen LogP contribution in [0.2, 0.25) is 5.02 Å². The predicted octanol–water partition coefficient (Wildman–Crippen LogP) is 4.17. The van der Waals surface area contributed by atoms with Crippen molar-refractivity contribution in [1.82, 2.24) is 0 Å². The molecular formula is C7H5Br2Cl. The smallest absolute Gasteiger partial charge is 0.0562 e. The molecule has 0 atom stereocenters. The Bertz CT molecular complexity index is 235. The molecule has 0 saturated heterocycles. The summed E-state index contributed by atoms with van der Waals surface area (Å²) in [7, 11) is 0. The predicted molar refractivity (Wildman–Crippen MR) is 51.6 cm³/mol. The van der Waals surface area contributed by atoms with Gasteiger partial charge in [-0.25, -0.2) is 0 Å². The molecule has 0 aliphatic carbocycles. The maximum Gasteiger partial charge on any atom is 0.0562 e. The Morgan fingerprint density at radius 1 is 1.30 bits per heavy atom. The van der Waals surface area contributed by atoms with Gasteiger partial charge < -0.3 is 0 Å². The van der Waals surface area contributed by atoms with E-state index in [0.29, 0.717) is 0 Å². The van der Waals surface area contributed by atoms with Crippen molar-refractivity contribution in [2.45, 2.75) is 6.92 Å². The fourth-order valence-electron chi connectivity index (χ4n) is 0.682. The third-order valence-electron chi connectivity index (χ3n) is 1.13. The van der Waals surface area contributed by atoms with E-state index in [1.807, 2.05) is 19.1 Å². The van der Waals surface area contributed by atoms with E-state index in [-0.39, 0.29) is 0 Å². The minimum absolute atomic E-state index is 0.742. The highest BCUT2D eigenvalue weighted by Gasteiger charge is 2.01. The second kappa shape index (κ2) is 3.24. The molecule has 3 heteroatoms. The third-order valence-corrected chi connectivity index (χ3v) is 3.67. The molecule has 0 amide bonds. The van der Waals surface area contributed by atoms with Gasteiger partial charge >= 0.3 is 0 Å². The Morgan fingerprint density at radius 3 is 2.40 bits per heavy atom. The molecule has 0 N–H and O–H groups in total. The van der Waals surface area contributed by atoms with Crippen molar-refractivity contribution in [2.24, 2.45) is 0 Å². The molecule has 10 heavy (non-hydrogen) atoms. The molecule has 0 bridgehead atoms. The number of hydrogen-bond donors (Lipinski definition) is 0. The van der Waals surface area contributed by atoms with Crippen molar-refractivity contribution in [2.75, 3.05) is 0 Å². The molecule has 0 aliphatic heterocycles. The van der Waals surface area contributed by atoms with E-state index >= 15 is 0 Å². The van der Waals surface area contributed by atoms with Gasteiger partial charge in [0, 0.05) is 4.47 Å². The lowest BCUT2D eigenvalue weighted by atomic mass is 10.2. The van der Waals surface area contributed by atoms with Crippen molar-refractivity contribution in [3.8, 4) is 0 Å². The molecule has 54 valence electrons. The number of hydrogen-bond acceptors (Lipinski definition) is 0. The maximum atomic E-state index is 5.84. The fraction of sp³-hybridized carbons (Fsp3) is 0.143. The minimum atomic E-state index is 0.742. The zero-order chi connectivity index (χ0) is 7.72. The van der Waals surface area contributed by atoms with Crippen LogP contribution in [0.1, 0.15) is 5.56 Å². The summed E-state index contributed by atoms with van der Waals surface area (Å²) >= 11 is 12.5. The lowest BCUT2D eigenvalue weighted by Crippen LogP contribution is -1.75. The van der Waals surface area contributed by atoms with Gasteiger partial charge in [-0.1, -0.05) is 11.6 Å². The maximum absolute atomic E-state index is 5.84. The second-order valence-corrected chi connectivity index (χ2v) is 4.10. The van der Waals surface area contributed by atoms with E-state index in [9.17, 15) is 0 Å². The first-order valence-electron chi connectivity index (χ1n) is 2.72. The van der Waals surface area contributed by atoms with E-state index in [1.165, 1.54) is 0 Å². The molecule has 0 aliphatic rings. The monoisotopic (exact) mass is 282 g/mol. The van der Waals surface area contributed by atoms with Crippen LogP contribution in [0.25, 0.3) is 0 Å². The van der Waals surface area contributed by atoms with E-state index in [4.69, 9.17) is 11.6 Å². The van der Waals surface area contributed by atoms with Gasteiger partial charge in [-0.15, -0.1) is 0 Å². The van der Waals surface area contributed by atoms with Crippen LogP contribution in [0, 0.1) is 6.92 Å². The van der Waals surface area contributed by atoms with Crippen molar-refractivity contribution in [3.05, 3.63) is 31.7 Å². The van der Waals surface area contributed by atoms with Gasteiger partial charge in [0.1, 0.15) is 0 Å². The van der Waals surface area contributed by atoms with Gasteiger partial charge in [-0.05, 0) is 56.5 Å². The molecule has 0 aromatic heterocycles. The van der Waals surface area contributed by atoms with Crippen LogP contribution in [-0.4, -0.2) is 0 Å². The summed E-state index contributed by atoms with van der Waals surface area (Å²) in [6.07, 6.45) is 0. The highest BCUT2D eigenvalue weighted by molar-refractivity contribution is 9.13. The van der Waals surface area contributed by atoms with E-state index < -0.39 is 0 Å². The average Bonchev–Trinajstić information content (AvgIpc) is 1.82. The largest absolute Gasteiger partial charge is 0.0831 e. The Hall–Kier alpha value is 0.470. The van der Waals surface area contributed by atoms with Gasteiger partial charge in [0.25, 0.3) is 0 Å². The summed E-state index contributed by atoms with van der Waals surface area (Å²) in [6.45, 7) is 2.00. The Labute approximate surface area is 81.8 Å². The molecule has 1 aromatic rings.